The number of rotatable bonds is 1. The molecular weight excluding hydrogens is 142 g/mol. The molecule has 3 atom stereocenters. The van der Waals surface area contributed by atoms with E-state index in [0.29, 0.717) is 12.1 Å². The molecule has 3 heteroatoms. The first-order valence-electron chi connectivity index (χ1n) is 4.10. The average Bonchev–Trinajstić information content (AvgIpc) is 2.49. The highest BCUT2D eigenvalue weighted by Crippen LogP contribution is 2.30. The van der Waals surface area contributed by atoms with E-state index in [2.05, 4.69) is 11.9 Å². The van der Waals surface area contributed by atoms with Gasteiger partial charge in [0.05, 0.1) is 12.6 Å². The van der Waals surface area contributed by atoms with Crippen molar-refractivity contribution in [3.05, 3.63) is 0 Å². The topological polar surface area (TPSA) is 21.5 Å². The van der Waals surface area contributed by atoms with Crippen molar-refractivity contribution in [2.45, 2.75) is 31.8 Å². The van der Waals surface area contributed by atoms with Gasteiger partial charge in [-0.25, -0.2) is 0 Å². The summed E-state index contributed by atoms with van der Waals surface area (Å²) in [6.45, 7) is 5.84. The minimum Gasteiger partial charge on any atom is -0.348 e. The second kappa shape index (κ2) is 2.19. The third-order valence-corrected chi connectivity index (χ3v) is 2.37. The van der Waals surface area contributed by atoms with Crippen LogP contribution in [0.25, 0.3) is 0 Å². The van der Waals surface area contributed by atoms with Crippen LogP contribution in [0.1, 0.15) is 13.8 Å². The van der Waals surface area contributed by atoms with Crippen LogP contribution in [0, 0.1) is 0 Å². The summed E-state index contributed by atoms with van der Waals surface area (Å²) in [7, 11) is 2.11. The fourth-order valence-corrected chi connectivity index (χ4v) is 1.55. The van der Waals surface area contributed by atoms with Crippen LogP contribution in [0.3, 0.4) is 0 Å². The van der Waals surface area contributed by atoms with Crippen molar-refractivity contribution in [3.8, 4) is 0 Å². The fourth-order valence-electron chi connectivity index (χ4n) is 1.55. The van der Waals surface area contributed by atoms with Gasteiger partial charge in [-0.3, -0.25) is 4.90 Å². The molecule has 0 radical (unpaired) electrons. The summed E-state index contributed by atoms with van der Waals surface area (Å²) >= 11 is 0. The van der Waals surface area contributed by atoms with Crippen LogP contribution < -0.4 is 0 Å². The van der Waals surface area contributed by atoms with Crippen LogP contribution in [0.4, 0.5) is 0 Å². The standard InChI is InChI=1S/C8H15NO2/c1-8(2)10-5-7(11-8)6-4-9(6)3/h6-7H,4-5H2,1-3H3. The molecule has 0 bridgehead atoms. The second-order valence-electron chi connectivity index (χ2n) is 3.87. The summed E-state index contributed by atoms with van der Waals surface area (Å²) in [4.78, 5) is 2.27. The monoisotopic (exact) mass is 157 g/mol. The summed E-state index contributed by atoms with van der Waals surface area (Å²) in [5.41, 5.74) is 0. The zero-order valence-corrected chi connectivity index (χ0v) is 7.33. The third kappa shape index (κ3) is 1.41. The molecule has 3 unspecified atom stereocenters. The van der Waals surface area contributed by atoms with Crippen molar-refractivity contribution >= 4 is 0 Å². The molecule has 2 aliphatic rings. The van der Waals surface area contributed by atoms with Crippen LogP contribution in [0.15, 0.2) is 0 Å². The predicted molar refractivity (Wildman–Crippen MR) is 41.3 cm³/mol. The highest BCUT2D eigenvalue weighted by Gasteiger charge is 2.45. The van der Waals surface area contributed by atoms with Gasteiger partial charge in [0.1, 0.15) is 6.10 Å². The maximum Gasteiger partial charge on any atom is 0.163 e. The Morgan fingerprint density at radius 1 is 1.45 bits per heavy atom. The number of ether oxygens (including phenoxy) is 2. The zero-order valence-electron chi connectivity index (χ0n) is 7.33. The summed E-state index contributed by atoms with van der Waals surface area (Å²) < 4.78 is 11.1. The van der Waals surface area contributed by atoms with E-state index in [-0.39, 0.29) is 5.79 Å². The van der Waals surface area contributed by atoms with Gasteiger partial charge in [-0.2, -0.15) is 0 Å². The molecule has 0 N–H and O–H groups in total. The molecule has 0 aliphatic carbocycles. The molecule has 0 amide bonds. The Bertz CT molecular complexity index is 169. The summed E-state index contributed by atoms with van der Waals surface area (Å²) in [6.07, 6.45) is 0.301. The minimum atomic E-state index is -0.353. The molecule has 0 saturated carbocycles. The molecule has 2 saturated heterocycles. The van der Waals surface area contributed by atoms with E-state index in [4.69, 9.17) is 9.47 Å². The van der Waals surface area contributed by atoms with E-state index in [1.165, 1.54) is 0 Å². The SMILES string of the molecule is CN1CC1C1COC(C)(C)O1. The van der Waals surface area contributed by atoms with Crippen LogP contribution in [0.2, 0.25) is 0 Å². The second-order valence-corrected chi connectivity index (χ2v) is 3.87. The molecule has 0 aromatic heterocycles. The molecular formula is C8H15NO2. The number of hydrogen-bond acceptors (Lipinski definition) is 3. The van der Waals surface area contributed by atoms with Gasteiger partial charge in [0.15, 0.2) is 5.79 Å². The molecule has 2 rings (SSSR count). The maximum atomic E-state index is 5.68. The van der Waals surface area contributed by atoms with Gasteiger partial charge < -0.3 is 9.47 Å². The van der Waals surface area contributed by atoms with Gasteiger partial charge in [0.2, 0.25) is 0 Å². The Kier molecular flexibility index (Phi) is 1.50. The Labute approximate surface area is 67.3 Å². The third-order valence-electron chi connectivity index (χ3n) is 2.37. The van der Waals surface area contributed by atoms with E-state index in [1.54, 1.807) is 0 Å². The predicted octanol–water partition coefficient (Wildman–Crippen LogP) is 0.452. The van der Waals surface area contributed by atoms with Crippen LogP contribution in [0.5, 0.6) is 0 Å². The minimum absolute atomic E-state index is 0.301. The molecule has 0 aromatic carbocycles. The zero-order chi connectivity index (χ0) is 8.06. The van der Waals surface area contributed by atoms with Crippen molar-refractivity contribution in [2.24, 2.45) is 0 Å². The molecule has 64 valence electrons. The van der Waals surface area contributed by atoms with Crippen LogP contribution in [-0.2, 0) is 9.47 Å². The molecule has 2 aliphatic heterocycles. The molecule has 3 nitrogen and oxygen atoms in total. The van der Waals surface area contributed by atoms with Gasteiger partial charge in [-0.1, -0.05) is 0 Å². The first kappa shape index (κ1) is 7.53. The van der Waals surface area contributed by atoms with Crippen molar-refractivity contribution in [3.63, 3.8) is 0 Å². The van der Waals surface area contributed by atoms with Crippen LogP contribution >= 0.6 is 0 Å². The van der Waals surface area contributed by atoms with Gasteiger partial charge in [-0.05, 0) is 20.9 Å². The molecule has 11 heavy (non-hydrogen) atoms. The number of hydrogen-bond donors (Lipinski definition) is 0. The summed E-state index contributed by atoms with van der Waals surface area (Å²) in [5, 5.41) is 0. The quantitative estimate of drug-likeness (QED) is 0.516. The fraction of sp³-hybridized carbons (Fsp3) is 1.00. The van der Waals surface area contributed by atoms with Crippen molar-refractivity contribution in [2.75, 3.05) is 20.2 Å². The Balaban J connectivity index is 1.90. The van der Waals surface area contributed by atoms with Gasteiger partial charge in [0, 0.05) is 6.54 Å². The normalized spacial score (nSPS) is 47.7. The average molecular weight is 157 g/mol. The van der Waals surface area contributed by atoms with Crippen molar-refractivity contribution in [1.29, 1.82) is 0 Å². The molecule has 0 aromatic rings. The number of likely N-dealkylation sites (N-methyl/N-ethyl adjacent to an activating group) is 1. The van der Waals surface area contributed by atoms with Gasteiger partial charge in [0.25, 0.3) is 0 Å². The van der Waals surface area contributed by atoms with Gasteiger partial charge in [-0.15, -0.1) is 0 Å². The summed E-state index contributed by atoms with van der Waals surface area (Å²) in [5.74, 6) is -0.353. The molecule has 0 spiro atoms. The lowest BCUT2D eigenvalue weighted by atomic mass is 10.3. The maximum absolute atomic E-state index is 5.68. The Morgan fingerprint density at radius 3 is 2.45 bits per heavy atom. The highest BCUT2D eigenvalue weighted by molar-refractivity contribution is 4.95. The molecule has 2 fully saturated rings. The highest BCUT2D eigenvalue weighted by atomic mass is 16.7. The van der Waals surface area contributed by atoms with Gasteiger partial charge >= 0.3 is 0 Å². The lowest BCUT2D eigenvalue weighted by molar-refractivity contribution is -0.139. The smallest absolute Gasteiger partial charge is 0.163 e. The first-order valence-corrected chi connectivity index (χ1v) is 4.10. The lowest BCUT2D eigenvalue weighted by Crippen LogP contribution is -2.25. The Hall–Kier alpha value is -0.120. The largest absolute Gasteiger partial charge is 0.348 e. The molecule has 2 heterocycles. The van der Waals surface area contributed by atoms with E-state index in [0.717, 1.165) is 13.2 Å². The van der Waals surface area contributed by atoms with E-state index >= 15 is 0 Å². The van der Waals surface area contributed by atoms with E-state index < -0.39 is 0 Å². The van der Waals surface area contributed by atoms with E-state index in [9.17, 15) is 0 Å². The summed E-state index contributed by atoms with van der Waals surface area (Å²) in [6, 6.07) is 0.608. The van der Waals surface area contributed by atoms with Crippen LogP contribution in [-0.4, -0.2) is 43.0 Å². The number of nitrogens with zero attached hydrogens (tertiary/aromatic N) is 1. The van der Waals surface area contributed by atoms with Crippen molar-refractivity contribution in [1.82, 2.24) is 4.90 Å². The van der Waals surface area contributed by atoms with Crippen molar-refractivity contribution < 1.29 is 9.47 Å². The first-order chi connectivity index (χ1) is 5.08. The Morgan fingerprint density at radius 2 is 2.09 bits per heavy atom. The lowest BCUT2D eigenvalue weighted by Gasteiger charge is -2.16. The van der Waals surface area contributed by atoms with E-state index in [1.807, 2.05) is 13.8 Å².